The Bertz CT molecular complexity index is 777. The Morgan fingerprint density at radius 2 is 1.91 bits per heavy atom. The molecule has 1 unspecified atom stereocenters. The standard InChI is InChI=1S/C16H16BrNO3S/c1-21-16-9-10-18(15-8-7-12(17)11-14(15)16)22(19,20)13-5-3-2-4-6-13/h2-8,11,16H,9-10H2,1H3. The maximum absolute atomic E-state index is 12.9. The van der Waals surface area contributed by atoms with Gasteiger partial charge in [-0.3, -0.25) is 4.31 Å². The second kappa shape index (κ2) is 6.02. The van der Waals surface area contributed by atoms with E-state index in [-0.39, 0.29) is 6.10 Å². The largest absolute Gasteiger partial charge is 0.377 e. The molecule has 0 fully saturated rings. The van der Waals surface area contributed by atoms with E-state index in [0.29, 0.717) is 23.5 Å². The Hall–Kier alpha value is -1.37. The lowest BCUT2D eigenvalue weighted by atomic mass is 10.0. The molecule has 22 heavy (non-hydrogen) atoms. The van der Waals surface area contributed by atoms with Gasteiger partial charge in [-0.05, 0) is 36.8 Å². The summed E-state index contributed by atoms with van der Waals surface area (Å²) in [5.74, 6) is 0. The van der Waals surface area contributed by atoms with Gasteiger partial charge in [-0.15, -0.1) is 0 Å². The molecule has 0 aromatic heterocycles. The fourth-order valence-electron chi connectivity index (χ4n) is 2.74. The molecule has 0 amide bonds. The Morgan fingerprint density at radius 1 is 1.18 bits per heavy atom. The topological polar surface area (TPSA) is 46.6 Å². The minimum absolute atomic E-state index is 0.0882. The number of ether oxygens (including phenoxy) is 1. The van der Waals surface area contributed by atoms with Crippen LogP contribution in [0.25, 0.3) is 0 Å². The predicted molar refractivity (Wildman–Crippen MR) is 89.5 cm³/mol. The minimum Gasteiger partial charge on any atom is -0.377 e. The molecule has 0 bridgehead atoms. The van der Waals surface area contributed by atoms with Crippen LogP contribution in [0.2, 0.25) is 0 Å². The van der Waals surface area contributed by atoms with E-state index in [1.54, 1.807) is 37.4 Å². The van der Waals surface area contributed by atoms with Gasteiger partial charge in [0.1, 0.15) is 0 Å². The van der Waals surface area contributed by atoms with Gasteiger partial charge in [0.2, 0.25) is 0 Å². The zero-order valence-electron chi connectivity index (χ0n) is 12.1. The zero-order valence-corrected chi connectivity index (χ0v) is 14.5. The third-order valence-electron chi connectivity index (χ3n) is 3.82. The first-order chi connectivity index (χ1) is 10.5. The summed E-state index contributed by atoms with van der Waals surface area (Å²) < 4.78 is 33.7. The van der Waals surface area contributed by atoms with Crippen LogP contribution in [0.1, 0.15) is 18.1 Å². The van der Waals surface area contributed by atoms with Crippen LogP contribution < -0.4 is 4.31 Å². The highest BCUT2D eigenvalue weighted by atomic mass is 79.9. The van der Waals surface area contributed by atoms with Gasteiger partial charge in [0.05, 0.1) is 16.7 Å². The zero-order chi connectivity index (χ0) is 15.7. The molecule has 1 atom stereocenters. The van der Waals surface area contributed by atoms with Crippen molar-refractivity contribution in [3.8, 4) is 0 Å². The number of rotatable bonds is 3. The van der Waals surface area contributed by atoms with Crippen LogP contribution in [-0.4, -0.2) is 22.1 Å². The van der Waals surface area contributed by atoms with Crippen molar-refractivity contribution in [2.75, 3.05) is 18.0 Å². The fourth-order valence-corrected chi connectivity index (χ4v) is 4.64. The van der Waals surface area contributed by atoms with Gasteiger partial charge < -0.3 is 4.74 Å². The molecule has 0 saturated carbocycles. The van der Waals surface area contributed by atoms with Gasteiger partial charge in [-0.1, -0.05) is 34.1 Å². The van der Waals surface area contributed by atoms with E-state index < -0.39 is 10.0 Å². The summed E-state index contributed by atoms with van der Waals surface area (Å²) in [6, 6.07) is 14.1. The molecule has 0 N–H and O–H groups in total. The first-order valence-electron chi connectivity index (χ1n) is 6.94. The number of anilines is 1. The second-order valence-electron chi connectivity index (χ2n) is 5.11. The predicted octanol–water partition coefficient (Wildman–Crippen LogP) is 3.74. The molecule has 6 heteroatoms. The van der Waals surface area contributed by atoms with E-state index in [1.165, 1.54) is 4.31 Å². The molecule has 0 spiro atoms. The third kappa shape index (κ3) is 2.66. The first kappa shape index (κ1) is 15.5. The summed E-state index contributed by atoms with van der Waals surface area (Å²) in [5.41, 5.74) is 1.58. The monoisotopic (exact) mass is 381 g/mol. The quantitative estimate of drug-likeness (QED) is 0.813. The van der Waals surface area contributed by atoms with E-state index in [4.69, 9.17) is 4.74 Å². The molecule has 2 aromatic carbocycles. The number of methoxy groups -OCH3 is 1. The van der Waals surface area contributed by atoms with Crippen molar-refractivity contribution in [2.24, 2.45) is 0 Å². The van der Waals surface area contributed by atoms with E-state index in [2.05, 4.69) is 15.9 Å². The molecule has 0 saturated heterocycles. The summed E-state index contributed by atoms with van der Waals surface area (Å²) in [4.78, 5) is 0.305. The molecule has 1 aliphatic rings. The van der Waals surface area contributed by atoms with Gasteiger partial charge >= 0.3 is 0 Å². The van der Waals surface area contributed by atoms with Crippen molar-refractivity contribution in [3.05, 3.63) is 58.6 Å². The van der Waals surface area contributed by atoms with Gasteiger partial charge in [-0.25, -0.2) is 8.42 Å². The molecular formula is C16H16BrNO3S. The number of sulfonamides is 1. The average Bonchev–Trinajstić information content (AvgIpc) is 2.54. The van der Waals surface area contributed by atoms with Crippen molar-refractivity contribution >= 4 is 31.6 Å². The smallest absolute Gasteiger partial charge is 0.264 e. The number of hydrogen-bond acceptors (Lipinski definition) is 3. The summed E-state index contributed by atoms with van der Waals surface area (Å²) in [5, 5.41) is 0. The van der Waals surface area contributed by atoms with Crippen LogP contribution in [0.3, 0.4) is 0 Å². The Labute approximate surface area is 138 Å². The van der Waals surface area contributed by atoms with Crippen LogP contribution in [0.5, 0.6) is 0 Å². The Morgan fingerprint density at radius 3 is 2.59 bits per heavy atom. The van der Waals surface area contributed by atoms with E-state index >= 15 is 0 Å². The summed E-state index contributed by atoms with van der Waals surface area (Å²) >= 11 is 3.44. The van der Waals surface area contributed by atoms with Gasteiger partial charge in [-0.2, -0.15) is 0 Å². The molecule has 1 aliphatic heterocycles. The van der Waals surface area contributed by atoms with Crippen LogP contribution >= 0.6 is 15.9 Å². The number of nitrogens with zero attached hydrogens (tertiary/aromatic N) is 1. The van der Waals surface area contributed by atoms with Crippen molar-refractivity contribution < 1.29 is 13.2 Å². The highest BCUT2D eigenvalue weighted by Crippen LogP contribution is 2.39. The molecule has 1 heterocycles. The summed E-state index contributed by atoms with van der Waals surface area (Å²) in [6.45, 7) is 0.407. The maximum Gasteiger partial charge on any atom is 0.264 e. The molecule has 0 aliphatic carbocycles. The Kier molecular flexibility index (Phi) is 4.25. The molecule has 4 nitrogen and oxygen atoms in total. The molecule has 116 valence electrons. The van der Waals surface area contributed by atoms with Crippen LogP contribution in [0.15, 0.2) is 57.9 Å². The molecular weight excluding hydrogens is 366 g/mol. The van der Waals surface area contributed by atoms with Crippen LogP contribution in [0, 0.1) is 0 Å². The highest BCUT2D eigenvalue weighted by molar-refractivity contribution is 9.10. The number of halogens is 1. The Balaban J connectivity index is 2.11. The van der Waals surface area contributed by atoms with Crippen molar-refractivity contribution in [1.82, 2.24) is 0 Å². The molecule has 3 rings (SSSR count). The lowest BCUT2D eigenvalue weighted by Crippen LogP contribution is -2.37. The fraction of sp³-hybridized carbons (Fsp3) is 0.250. The molecule has 2 aromatic rings. The van der Waals surface area contributed by atoms with Gasteiger partial charge in [0.15, 0.2) is 0 Å². The molecule has 0 radical (unpaired) electrons. The maximum atomic E-state index is 12.9. The van der Waals surface area contributed by atoms with Crippen LogP contribution in [0.4, 0.5) is 5.69 Å². The van der Waals surface area contributed by atoms with Crippen molar-refractivity contribution in [2.45, 2.75) is 17.4 Å². The lowest BCUT2D eigenvalue weighted by Gasteiger charge is -2.34. The van der Waals surface area contributed by atoms with E-state index in [0.717, 1.165) is 10.0 Å². The third-order valence-corrected chi connectivity index (χ3v) is 6.14. The van der Waals surface area contributed by atoms with Gasteiger partial charge in [0.25, 0.3) is 10.0 Å². The normalized spacial score (nSPS) is 18.1. The SMILES string of the molecule is COC1CCN(S(=O)(=O)c2ccccc2)c2ccc(Br)cc21. The van der Waals surface area contributed by atoms with Crippen LogP contribution in [-0.2, 0) is 14.8 Å². The first-order valence-corrected chi connectivity index (χ1v) is 9.17. The number of benzene rings is 2. The van der Waals surface area contributed by atoms with Crippen molar-refractivity contribution in [3.63, 3.8) is 0 Å². The second-order valence-corrected chi connectivity index (χ2v) is 7.88. The minimum atomic E-state index is -3.56. The van der Waals surface area contributed by atoms with Crippen molar-refractivity contribution in [1.29, 1.82) is 0 Å². The number of fused-ring (bicyclic) bond motifs is 1. The highest BCUT2D eigenvalue weighted by Gasteiger charge is 2.33. The van der Waals surface area contributed by atoms with E-state index in [9.17, 15) is 8.42 Å². The van der Waals surface area contributed by atoms with E-state index in [1.807, 2.05) is 18.2 Å². The number of hydrogen-bond donors (Lipinski definition) is 0. The average molecular weight is 382 g/mol. The lowest BCUT2D eigenvalue weighted by molar-refractivity contribution is 0.0951. The van der Waals surface area contributed by atoms with Gasteiger partial charge in [0, 0.05) is 23.7 Å². The summed E-state index contributed by atoms with van der Waals surface area (Å²) in [6.07, 6.45) is 0.543. The summed E-state index contributed by atoms with van der Waals surface area (Å²) in [7, 11) is -1.91.